The molecule has 0 aromatic rings. The largest absolute Gasteiger partial charge is 0.480 e. The van der Waals surface area contributed by atoms with Crippen molar-refractivity contribution in [2.45, 2.75) is 38.3 Å². The van der Waals surface area contributed by atoms with Gasteiger partial charge in [-0.15, -0.1) is 6.58 Å². The van der Waals surface area contributed by atoms with Crippen LogP contribution in [0.2, 0.25) is 0 Å². The van der Waals surface area contributed by atoms with E-state index in [1.165, 1.54) is 6.08 Å². The minimum absolute atomic E-state index is 0.0355. The maximum atomic E-state index is 11.9. The minimum Gasteiger partial charge on any atom is -0.480 e. The van der Waals surface area contributed by atoms with Crippen LogP contribution in [0.5, 0.6) is 0 Å². The second kappa shape index (κ2) is 3.31. The van der Waals surface area contributed by atoms with Gasteiger partial charge >= 0.3 is 11.9 Å². The van der Waals surface area contributed by atoms with Gasteiger partial charge in [0.1, 0.15) is 16.6 Å². The van der Waals surface area contributed by atoms with Gasteiger partial charge in [0.05, 0.1) is 0 Å². The van der Waals surface area contributed by atoms with E-state index < -0.39 is 28.5 Å². The summed E-state index contributed by atoms with van der Waals surface area (Å²) in [6, 6.07) is 0. The number of hydrogen-bond acceptors (Lipinski definition) is 4. The molecular formula is C11H17NO4. The molecule has 1 aliphatic rings. The van der Waals surface area contributed by atoms with Gasteiger partial charge < -0.3 is 15.6 Å². The lowest BCUT2D eigenvalue weighted by atomic mass is 10.00. The van der Waals surface area contributed by atoms with Crippen molar-refractivity contribution in [1.29, 1.82) is 0 Å². The van der Waals surface area contributed by atoms with Crippen molar-refractivity contribution in [3.63, 3.8) is 0 Å². The third-order valence-corrected chi connectivity index (χ3v) is 2.72. The minimum atomic E-state index is -1.57. The predicted octanol–water partition coefficient (Wildman–Crippen LogP) is 0.686. The van der Waals surface area contributed by atoms with Crippen LogP contribution in [0.25, 0.3) is 0 Å². The molecule has 0 unspecified atom stereocenters. The molecule has 1 fully saturated rings. The molecule has 0 aromatic carbocycles. The van der Waals surface area contributed by atoms with Gasteiger partial charge in [-0.2, -0.15) is 0 Å². The highest BCUT2D eigenvalue weighted by Gasteiger charge is 2.74. The number of carbonyl (C=O) groups is 2. The van der Waals surface area contributed by atoms with Crippen LogP contribution in [-0.4, -0.2) is 28.2 Å². The van der Waals surface area contributed by atoms with Crippen LogP contribution in [0.15, 0.2) is 12.7 Å². The number of carboxylic acids is 1. The van der Waals surface area contributed by atoms with Gasteiger partial charge in [-0.1, -0.05) is 6.08 Å². The monoisotopic (exact) mass is 227 g/mol. The molecule has 3 N–H and O–H groups in total. The highest BCUT2D eigenvalue weighted by atomic mass is 16.6. The predicted molar refractivity (Wildman–Crippen MR) is 57.6 cm³/mol. The Hall–Kier alpha value is -1.36. The fourth-order valence-corrected chi connectivity index (χ4v) is 1.62. The summed E-state index contributed by atoms with van der Waals surface area (Å²) in [5.74, 6) is -1.84. The molecule has 16 heavy (non-hydrogen) atoms. The van der Waals surface area contributed by atoms with E-state index in [0.29, 0.717) is 0 Å². The Kier molecular flexibility index (Phi) is 2.63. The molecule has 0 spiro atoms. The van der Waals surface area contributed by atoms with Crippen molar-refractivity contribution in [2.75, 3.05) is 0 Å². The molecule has 90 valence electrons. The summed E-state index contributed by atoms with van der Waals surface area (Å²) in [4.78, 5) is 22.8. The van der Waals surface area contributed by atoms with Gasteiger partial charge in [0.15, 0.2) is 0 Å². The molecule has 1 rings (SSSR count). The Morgan fingerprint density at radius 3 is 2.25 bits per heavy atom. The fourth-order valence-electron chi connectivity index (χ4n) is 1.62. The molecule has 0 aliphatic heterocycles. The molecule has 2 atom stereocenters. The summed E-state index contributed by atoms with van der Waals surface area (Å²) in [7, 11) is 0. The maximum absolute atomic E-state index is 11.9. The van der Waals surface area contributed by atoms with Crippen molar-refractivity contribution >= 4 is 11.9 Å². The molecule has 0 amide bonds. The summed E-state index contributed by atoms with van der Waals surface area (Å²) in [5, 5.41) is 8.95. The lowest BCUT2D eigenvalue weighted by Crippen LogP contribution is -2.43. The summed E-state index contributed by atoms with van der Waals surface area (Å²) in [6.07, 6.45) is 1.31. The fraction of sp³-hybridized carbons (Fsp3) is 0.636. The highest BCUT2D eigenvalue weighted by Crippen LogP contribution is 2.56. The molecule has 0 bridgehead atoms. The van der Waals surface area contributed by atoms with E-state index in [4.69, 9.17) is 15.6 Å². The topological polar surface area (TPSA) is 89.6 Å². The van der Waals surface area contributed by atoms with E-state index in [1.807, 2.05) is 0 Å². The zero-order chi connectivity index (χ0) is 12.8. The number of hydrogen-bond donors (Lipinski definition) is 2. The number of aliphatic carboxylic acids is 1. The SMILES string of the molecule is C=C[C@@]1(C(=O)OC(C)(C)C)C[C@]1(N)C(=O)O. The van der Waals surface area contributed by atoms with Gasteiger partial charge in [-0.3, -0.25) is 9.59 Å². The van der Waals surface area contributed by atoms with Crippen molar-refractivity contribution in [3.8, 4) is 0 Å². The van der Waals surface area contributed by atoms with Crippen LogP contribution in [0, 0.1) is 5.41 Å². The molecule has 5 heteroatoms. The standard InChI is InChI=1S/C11H17NO4/c1-5-10(6-11(10,12)7(13)14)8(15)16-9(2,3)4/h5H,1,6,12H2,2-4H3,(H,13,14)/t10-,11-/m0/s1. The lowest BCUT2D eigenvalue weighted by molar-refractivity contribution is -0.162. The van der Waals surface area contributed by atoms with Gasteiger partial charge in [0, 0.05) is 0 Å². The summed E-state index contributed by atoms with van der Waals surface area (Å²) >= 11 is 0. The lowest BCUT2D eigenvalue weighted by Gasteiger charge is -2.23. The van der Waals surface area contributed by atoms with E-state index in [2.05, 4.69) is 6.58 Å². The van der Waals surface area contributed by atoms with Crippen LogP contribution in [0.3, 0.4) is 0 Å². The Labute approximate surface area is 94.3 Å². The first-order chi connectivity index (χ1) is 7.09. The molecule has 0 aromatic heterocycles. The van der Waals surface area contributed by atoms with Gasteiger partial charge in [0.2, 0.25) is 0 Å². The first-order valence-corrected chi connectivity index (χ1v) is 4.98. The number of ether oxygens (including phenoxy) is 1. The van der Waals surface area contributed by atoms with Crippen molar-refractivity contribution in [1.82, 2.24) is 0 Å². The first kappa shape index (κ1) is 12.7. The third kappa shape index (κ3) is 1.71. The van der Waals surface area contributed by atoms with E-state index in [0.717, 1.165) is 0 Å². The van der Waals surface area contributed by atoms with Crippen LogP contribution >= 0.6 is 0 Å². The summed E-state index contributed by atoms with van der Waals surface area (Å²) in [6.45, 7) is 8.61. The molecule has 1 saturated carbocycles. The number of rotatable bonds is 3. The van der Waals surface area contributed by atoms with Crippen LogP contribution in [0.4, 0.5) is 0 Å². The zero-order valence-corrected chi connectivity index (χ0v) is 9.74. The second-order valence-electron chi connectivity index (χ2n) is 5.13. The molecule has 1 aliphatic carbocycles. The molecule has 0 saturated heterocycles. The number of carbonyl (C=O) groups excluding carboxylic acids is 1. The van der Waals surface area contributed by atoms with Gasteiger partial charge in [0.25, 0.3) is 0 Å². The van der Waals surface area contributed by atoms with Crippen LogP contribution in [-0.2, 0) is 14.3 Å². The van der Waals surface area contributed by atoms with Crippen molar-refractivity contribution in [2.24, 2.45) is 11.1 Å². The highest BCUT2D eigenvalue weighted by molar-refractivity contribution is 5.99. The van der Waals surface area contributed by atoms with E-state index in [1.54, 1.807) is 20.8 Å². The smallest absolute Gasteiger partial charge is 0.325 e. The Morgan fingerprint density at radius 2 is 2.00 bits per heavy atom. The third-order valence-electron chi connectivity index (χ3n) is 2.72. The van der Waals surface area contributed by atoms with Gasteiger partial charge in [-0.25, -0.2) is 0 Å². The Bertz CT molecular complexity index is 357. The first-order valence-electron chi connectivity index (χ1n) is 4.98. The second-order valence-corrected chi connectivity index (χ2v) is 5.13. The molecule has 5 nitrogen and oxygen atoms in total. The Morgan fingerprint density at radius 1 is 1.50 bits per heavy atom. The quantitative estimate of drug-likeness (QED) is 0.546. The Balaban J connectivity index is 2.91. The number of carboxylic acid groups (broad SMARTS) is 1. The van der Waals surface area contributed by atoms with Crippen molar-refractivity contribution in [3.05, 3.63) is 12.7 Å². The summed E-state index contributed by atoms with van der Waals surface area (Å²) < 4.78 is 5.15. The van der Waals surface area contributed by atoms with E-state index in [-0.39, 0.29) is 6.42 Å². The average Bonchev–Trinajstić information content (AvgIpc) is 2.72. The molecule has 0 heterocycles. The average molecular weight is 227 g/mol. The van der Waals surface area contributed by atoms with Crippen LogP contribution < -0.4 is 5.73 Å². The number of esters is 1. The maximum Gasteiger partial charge on any atom is 0.325 e. The molecular weight excluding hydrogens is 210 g/mol. The van der Waals surface area contributed by atoms with Crippen molar-refractivity contribution < 1.29 is 19.4 Å². The van der Waals surface area contributed by atoms with E-state index in [9.17, 15) is 9.59 Å². The normalized spacial score (nSPS) is 33.0. The number of nitrogens with two attached hydrogens (primary N) is 1. The summed E-state index contributed by atoms with van der Waals surface area (Å²) in [5.41, 5.74) is 2.10. The van der Waals surface area contributed by atoms with E-state index >= 15 is 0 Å². The molecule has 0 radical (unpaired) electrons. The van der Waals surface area contributed by atoms with Crippen LogP contribution in [0.1, 0.15) is 27.2 Å². The van der Waals surface area contributed by atoms with Gasteiger partial charge in [-0.05, 0) is 27.2 Å². The zero-order valence-electron chi connectivity index (χ0n) is 9.74.